The number of benzene rings is 2. The summed E-state index contributed by atoms with van der Waals surface area (Å²) in [5, 5.41) is 2.92. The van der Waals surface area contributed by atoms with Gasteiger partial charge >= 0.3 is 6.18 Å². The van der Waals surface area contributed by atoms with Crippen molar-refractivity contribution in [2.45, 2.75) is 45.3 Å². The molecule has 1 aliphatic carbocycles. The minimum Gasteiger partial charge on any atom is -0.490 e. The molecule has 1 saturated carbocycles. The SMILES string of the molecule is CCOc1ccc(C(C)NC(=O)C2CC2c2ccccc2C(F)(F)F)cc1OCC. The van der Waals surface area contributed by atoms with Crippen LogP contribution in [0.15, 0.2) is 42.5 Å². The number of nitrogens with one attached hydrogen (secondary N) is 1. The molecule has 1 aliphatic rings. The van der Waals surface area contributed by atoms with Crippen LogP contribution in [0.3, 0.4) is 0 Å². The van der Waals surface area contributed by atoms with Gasteiger partial charge in [-0.25, -0.2) is 0 Å². The molecule has 0 aliphatic heterocycles. The summed E-state index contributed by atoms with van der Waals surface area (Å²) < 4.78 is 51.0. The summed E-state index contributed by atoms with van der Waals surface area (Å²) in [6.07, 6.45) is -4.01. The number of alkyl halides is 3. The predicted molar refractivity (Wildman–Crippen MR) is 108 cm³/mol. The minimum atomic E-state index is -4.43. The maximum absolute atomic E-state index is 13.3. The Morgan fingerprint density at radius 1 is 1.10 bits per heavy atom. The van der Waals surface area contributed by atoms with Gasteiger partial charge in [-0.1, -0.05) is 24.3 Å². The predicted octanol–water partition coefficient (Wildman–Crippen LogP) is 5.48. The van der Waals surface area contributed by atoms with Crippen molar-refractivity contribution < 1.29 is 27.4 Å². The normalized spacial score (nSPS) is 19.1. The Balaban J connectivity index is 1.69. The van der Waals surface area contributed by atoms with E-state index in [0.717, 1.165) is 11.6 Å². The van der Waals surface area contributed by atoms with Gasteiger partial charge < -0.3 is 14.8 Å². The van der Waals surface area contributed by atoms with Crippen LogP contribution in [-0.2, 0) is 11.0 Å². The van der Waals surface area contributed by atoms with Gasteiger partial charge in [0.2, 0.25) is 5.91 Å². The van der Waals surface area contributed by atoms with Gasteiger partial charge in [-0.2, -0.15) is 13.2 Å². The fourth-order valence-corrected chi connectivity index (χ4v) is 3.65. The third kappa shape index (κ3) is 4.89. The van der Waals surface area contributed by atoms with Crippen LogP contribution in [0.4, 0.5) is 13.2 Å². The van der Waals surface area contributed by atoms with Gasteiger partial charge in [-0.15, -0.1) is 0 Å². The summed E-state index contributed by atoms with van der Waals surface area (Å²) >= 11 is 0. The third-order valence-electron chi connectivity index (χ3n) is 5.22. The average molecular weight is 421 g/mol. The lowest BCUT2D eigenvalue weighted by Crippen LogP contribution is -2.28. The van der Waals surface area contributed by atoms with Crippen LogP contribution in [0.2, 0.25) is 0 Å². The second-order valence-corrected chi connectivity index (χ2v) is 7.34. The van der Waals surface area contributed by atoms with Crippen molar-refractivity contribution in [1.29, 1.82) is 0 Å². The molecule has 4 nitrogen and oxygen atoms in total. The third-order valence-corrected chi connectivity index (χ3v) is 5.22. The van der Waals surface area contributed by atoms with Crippen molar-refractivity contribution in [2.24, 2.45) is 5.92 Å². The zero-order valence-electron chi connectivity index (χ0n) is 17.3. The van der Waals surface area contributed by atoms with Gasteiger partial charge in [0.1, 0.15) is 0 Å². The molecule has 3 rings (SSSR count). The molecule has 3 atom stereocenters. The van der Waals surface area contributed by atoms with Crippen LogP contribution in [0.1, 0.15) is 55.8 Å². The van der Waals surface area contributed by atoms with E-state index in [1.165, 1.54) is 12.1 Å². The first-order chi connectivity index (χ1) is 14.3. The van der Waals surface area contributed by atoms with E-state index in [0.29, 0.717) is 31.1 Å². The molecule has 0 spiro atoms. The monoisotopic (exact) mass is 421 g/mol. The Morgan fingerprint density at radius 3 is 2.43 bits per heavy atom. The molecule has 162 valence electrons. The van der Waals surface area contributed by atoms with E-state index < -0.39 is 23.6 Å². The largest absolute Gasteiger partial charge is 0.490 e. The Morgan fingerprint density at radius 2 is 1.77 bits per heavy atom. The molecular weight excluding hydrogens is 395 g/mol. The van der Waals surface area contributed by atoms with Gasteiger partial charge in [0.05, 0.1) is 24.8 Å². The van der Waals surface area contributed by atoms with Crippen LogP contribution in [-0.4, -0.2) is 19.1 Å². The Bertz CT molecular complexity index is 898. The van der Waals surface area contributed by atoms with E-state index in [1.807, 2.05) is 32.9 Å². The average Bonchev–Trinajstić information content (AvgIpc) is 3.50. The highest BCUT2D eigenvalue weighted by Gasteiger charge is 2.48. The molecule has 0 radical (unpaired) electrons. The van der Waals surface area contributed by atoms with Crippen LogP contribution < -0.4 is 14.8 Å². The number of hydrogen-bond acceptors (Lipinski definition) is 3. The Kier molecular flexibility index (Phi) is 6.58. The van der Waals surface area contributed by atoms with Gasteiger partial charge in [0, 0.05) is 5.92 Å². The maximum atomic E-state index is 13.3. The van der Waals surface area contributed by atoms with Crippen molar-refractivity contribution in [3.63, 3.8) is 0 Å². The lowest BCUT2D eigenvalue weighted by atomic mass is 10.0. The van der Waals surface area contributed by atoms with Crippen LogP contribution >= 0.6 is 0 Å². The molecule has 0 saturated heterocycles. The molecule has 2 aromatic carbocycles. The van der Waals surface area contributed by atoms with Gasteiger partial charge in [0.15, 0.2) is 11.5 Å². The van der Waals surface area contributed by atoms with Crippen LogP contribution in [0.5, 0.6) is 11.5 Å². The van der Waals surface area contributed by atoms with E-state index in [1.54, 1.807) is 12.1 Å². The van der Waals surface area contributed by atoms with Gasteiger partial charge in [-0.3, -0.25) is 4.79 Å². The quantitative estimate of drug-likeness (QED) is 0.614. The van der Waals surface area contributed by atoms with E-state index in [4.69, 9.17) is 9.47 Å². The number of amides is 1. The number of carbonyl (C=O) groups is 1. The van der Waals surface area contributed by atoms with Crippen molar-refractivity contribution in [3.8, 4) is 11.5 Å². The van der Waals surface area contributed by atoms with Gasteiger partial charge in [0.25, 0.3) is 0 Å². The molecule has 30 heavy (non-hydrogen) atoms. The molecule has 7 heteroatoms. The van der Waals surface area contributed by atoms with Gasteiger partial charge in [-0.05, 0) is 62.4 Å². The summed E-state index contributed by atoms with van der Waals surface area (Å²) in [5.74, 6) is 0.129. The molecule has 0 bridgehead atoms. The minimum absolute atomic E-state index is 0.192. The van der Waals surface area contributed by atoms with Crippen LogP contribution in [0.25, 0.3) is 0 Å². The number of hydrogen-bond donors (Lipinski definition) is 1. The highest BCUT2D eigenvalue weighted by molar-refractivity contribution is 5.83. The Hall–Kier alpha value is -2.70. The molecule has 2 aromatic rings. The second kappa shape index (κ2) is 8.98. The summed E-state index contributed by atoms with van der Waals surface area (Å²) in [6, 6.07) is 10.6. The maximum Gasteiger partial charge on any atom is 0.416 e. The van der Waals surface area contributed by atoms with Crippen molar-refractivity contribution in [1.82, 2.24) is 5.32 Å². The topological polar surface area (TPSA) is 47.6 Å². The lowest BCUT2D eigenvalue weighted by molar-refractivity contribution is -0.138. The first kappa shape index (κ1) is 22.0. The zero-order valence-corrected chi connectivity index (χ0v) is 17.3. The Labute approximate surface area is 174 Å². The summed E-state index contributed by atoms with van der Waals surface area (Å²) in [7, 11) is 0. The molecule has 1 fully saturated rings. The summed E-state index contributed by atoms with van der Waals surface area (Å²) in [5.41, 5.74) is 0.367. The van der Waals surface area contributed by atoms with E-state index in [-0.39, 0.29) is 17.5 Å². The fraction of sp³-hybridized carbons (Fsp3) is 0.435. The first-order valence-corrected chi connectivity index (χ1v) is 10.1. The second-order valence-electron chi connectivity index (χ2n) is 7.34. The number of ether oxygens (including phenoxy) is 2. The fourth-order valence-electron chi connectivity index (χ4n) is 3.65. The zero-order chi connectivity index (χ0) is 21.9. The smallest absolute Gasteiger partial charge is 0.416 e. The van der Waals surface area contributed by atoms with E-state index >= 15 is 0 Å². The molecule has 1 amide bonds. The highest BCUT2D eigenvalue weighted by atomic mass is 19.4. The first-order valence-electron chi connectivity index (χ1n) is 10.1. The molecule has 0 aromatic heterocycles. The molecule has 0 heterocycles. The standard InChI is InChI=1S/C23H26F3NO3/c1-4-29-20-11-10-15(12-21(20)30-5-2)14(3)27-22(28)18-13-17(18)16-8-6-7-9-19(16)23(24,25)26/h6-12,14,17-18H,4-5,13H2,1-3H3,(H,27,28). The molecular formula is C23H26F3NO3. The summed E-state index contributed by atoms with van der Waals surface area (Å²) in [6.45, 7) is 6.58. The van der Waals surface area contributed by atoms with E-state index in [2.05, 4.69) is 5.32 Å². The lowest BCUT2D eigenvalue weighted by Gasteiger charge is -2.18. The summed E-state index contributed by atoms with van der Waals surface area (Å²) in [4.78, 5) is 12.7. The van der Waals surface area contributed by atoms with E-state index in [9.17, 15) is 18.0 Å². The van der Waals surface area contributed by atoms with Crippen molar-refractivity contribution in [2.75, 3.05) is 13.2 Å². The number of halogens is 3. The number of rotatable bonds is 8. The molecule has 1 N–H and O–H groups in total. The van der Waals surface area contributed by atoms with Crippen molar-refractivity contribution in [3.05, 3.63) is 59.2 Å². The number of carbonyl (C=O) groups excluding carboxylic acids is 1. The highest BCUT2D eigenvalue weighted by Crippen LogP contribution is 2.51. The van der Waals surface area contributed by atoms with Crippen molar-refractivity contribution >= 4 is 5.91 Å². The molecule has 3 unspecified atom stereocenters. The van der Waals surface area contributed by atoms with Crippen LogP contribution in [0, 0.1) is 5.92 Å².